The zero-order chi connectivity index (χ0) is 19.4. The van der Waals surface area contributed by atoms with E-state index in [-0.39, 0.29) is 18.1 Å². The van der Waals surface area contributed by atoms with Gasteiger partial charge in [0.2, 0.25) is 5.91 Å². The van der Waals surface area contributed by atoms with Crippen molar-refractivity contribution in [2.45, 2.75) is 20.0 Å². The molecule has 1 aromatic carbocycles. The molecule has 1 saturated heterocycles. The van der Waals surface area contributed by atoms with E-state index in [0.717, 1.165) is 16.8 Å². The molecule has 0 unspecified atom stereocenters. The van der Waals surface area contributed by atoms with E-state index in [1.807, 2.05) is 30.3 Å². The molecule has 27 heavy (non-hydrogen) atoms. The SMILES string of the molecule is CCOC(=O)N1CC=C(c2ccc(N3C[C@H](CNC(C)=O)OC3=O)cc2)C1. The van der Waals surface area contributed by atoms with Gasteiger partial charge in [0.15, 0.2) is 0 Å². The van der Waals surface area contributed by atoms with Crippen molar-refractivity contribution in [2.24, 2.45) is 0 Å². The van der Waals surface area contributed by atoms with Gasteiger partial charge in [-0.25, -0.2) is 9.59 Å². The molecule has 144 valence electrons. The van der Waals surface area contributed by atoms with E-state index >= 15 is 0 Å². The average molecular weight is 373 g/mol. The topological polar surface area (TPSA) is 88.2 Å². The fourth-order valence-electron chi connectivity index (χ4n) is 3.07. The summed E-state index contributed by atoms with van der Waals surface area (Å²) in [7, 11) is 0. The molecule has 0 aromatic heterocycles. The highest BCUT2D eigenvalue weighted by atomic mass is 16.6. The van der Waals surface area contributed by atoms with Crippen LogP contribution in [-0.4, -0.2) is 61.9 Å². The molecule has 0 aliphatic carbocycles. The van der Waals surface area contributed by atoms with Gasteiger partial charge in [0.05, 0.1) is 19.7 Å². The maximum absolute atomic E-state index is 12.1. The molecule has 3 amide bonds. The van der Waals surface area contributed by atoms with Gasteiger partial charge in [-0.1, -0.05) is 18.2 Å². The molecule has 0 radical (unpaired) electrons. The van der Waals surface area contributed by atoms with Gasteiger partial charge in [-0.15, -0.1) is 0 Å². The summed E-state index contributed by atoms with van der Waals surface area (Å²) in [6, 6.07) is 7.55. The third kappa shape index (κ3) is 4.39. The minimum absolute atomic E-state index is 0.157. The van der Waals surface area contributed by atoms with Crippen LogP contribution in [0.15, 0.2) is 30.3 Å². The highest BCUT2D eigenvalue weighted by Gasteiger charge is 2.32. The van der Waals surface area contributed by atoms with Crippen LogP contribution in [0.5, 0.6) is 0 Å². The summed E-state index contributed by atoms with van der Waals surface area (Å²) in [6.07, 6.45) is 0.897. The van der Waals surface area contributed by atoms with Crippen molar-refractivity contribution >= 4 is 29.4 Å². The number of nitrogens with one attached hydrogen (secondary N) is 1. The Labute approximate surface area is 157 Å². The number of hydrogen-bond acceptors (Lipinski definition) is 5. The van der Waals surface area contributed by atoms with Crippen LogP contribution >= 0.6 is 0 Å². The molecule has 1 aromatic rings. The van der Waals surface area contributed by atoms with Crippen LogP contribution in [0, 0.1) is 0 Å². The Morgan fingerprint density at radius 1 is 1.30 bits per heavy atom. The van der Waals surface area contributed by atoms with E-state index in [1.165, 1.54) is 6.92 Å². The summed E-state index contributed by atoms with van der Waals surface area (Å²) in [4.78, 5) is 38.0. The Hall–Kier alpha value is -3.03. The third-order valence-electron chi connectivity index (χ3n) is 4.45. The van der Waals surface area contributed by atoms with Crippen molar-refractivity contribution in [3.8, 4) is 0 Å². The maximum atomic E-state index is 12.1. The third-order valence-corrected chi connectivity index (χ3v) is 4.45. The highest BCUT2D eigenvalue weighted by molar-refractivity contribution is 5.90. The number of carbonyl (C=O) groups excluding carboxylic acids is 3. The fraction of sp³-hybridized carbons (Fsp3) is 0.421. The minimum Gasteiger partial charge on any atom is -0.450 e. The summed E-state index contributed by atoms with van der Waals surface area (Å²) < 4.78 is 10.3. The van der Waals surface area contributed by atoms with Crippen LogP contribution in [0.1, 0.15) is 19.4 Å². The van der Waals surface area contributed by atoms with E-state index in [4.69, 9.17) is 9.47 Å². The number of carbonyl (C=O) groups is 3. The second-order valence-electron chi connectivity index (χ2n) is 6.41. The molecule has 0 spiro atoms. The number of amides is 3. The highest BCUT2D eigenvalue weighted by Crippen LogP contribution is 2.26. The molecule has 8 heteroatoms. The summed E-state index contributed by atoms with van der Waals surface area (Å²) in [6.45, 7) is 5.28. The molecule has 2 heterocycles. The van der Waals surface area contributed by atoms with Crippen LogP contribution in [0.2, 0.25) is 0 Å². The molecular weight excluding hydrogens is 350 g/mol. The van der Waals surface area contributed by atoms with E-state index in [2.05, 4.69) is 5.32 Å². The number of nitrogens with zero attached hydrogens (tertiary/aromatic N) is 2. The van der Waals surface area contributed by atoms with E-state index in [0.29, 0.717) is 32.8 Å². The summed E-state index contributed by atoms with van der Waals surface area (Å²) in [5, 5.41) is 2.66. The number of rotatable bonds is 5. The molecule has 0 saturated carbocycles. The fourth-order valence-corrected chi connectivity index (χ4v) is 3.07. The number of hydrogen-bond donors (Lipinski definition) is 1. The first-order chi connectivity index (χ1) is 13.0. The lowest BCUT2D eigenvalue weighted by Gasteiger charge is -2.16. The van der Waals surface area contributed by atoms with Gasteiger partial charge >= 0.3 is 12.2 Å². The van der Waals surface area contributed by atoms with Crippen molar-refractivity contribution in [3.05, 3.63) is 35.9 Å². The Morgan fingerprint density at radius 2 is 2.04 bits per heavy atom. The second kappa shape index (κ2) is 8.11. The largest absolute Gasteiger partial charge is 0.450 e. The zero-order valence-corrected chi connectivity index (χ0v) is 15.4. The van der Waals surface area contributed by atoms with Crippen LogP contribution in [0.4, 0.5) is 15.3 Å². The Kier molecular flexibility index (Phi) is 5.63. The Morgan fingerprint density at radius 3 is 2.70 bits per heavy atom. The van der Waals surface area contributed by atoms with Gasteiger partial charge in [0.1, 0.15) is 6.10 Å². The van der Waals surface area contributed by atoms with Crippen molar-refractivity contribution < 1.29 is 23.9 Å². The summed E-state index contributed by atoms with van der Waals surface area (Å²) in [5.74, 6) is -0.157. The molecule has 1 N–H and O–H groups in total. The Bertz CT molecular complexity index is 759. The van der Waals surface area contributed by atoms with Gasteiger partial charge in [-0.05, 0) is 30.2 Å². The zero-order valence-electron chi connectivity index (χ0n) is 15.4. The first kappa shape index (κ1) is 18.8. The first-order valence-electron chi connectivity index (χ1n) is 8.91. The van der Waals surface area contributed by atoms with Gasteiger partial charge in [-0.2, -0.15) is 0 Å². The van der Waals surface area contributed by atoms with Crippen LogP contribution in [-0.2, 0) is 14.3 Å². The maximum Gasteiger partial charge on any atom is 0.414 e. The smallest absolute Gasteiger partial charge is 0.414 e. The van der Waals surface area contributed by atoms with Gasteiger partial charge < -0.3 is 19.7 Å². The molecule has 2 aliphatic heterocycles. The van der Waals surface area contributed by atoms with Crippen molar-refractivity contribution in [1.29, 1.82) is 0 Å². The van der Waals surface area contributed by atoms with Crippen LogP contribution in [0.25, 0.3) is 5.57 Å². The van der Waals surface area contributed by atoms with E-state index in [9.17, 15) is 14.4 Å². The summed E-state index contributed by atoms with van der Waals surface area (Å²) in [5.41, 5.74) is 2.77. The van der Waals surface area contributed by atoms with Gasteiger partial charge in [-0.3, -0.25) is 9.69 Å². The molecule has 1 atom stereocenters. The molecule has 0 bridgehead atoms. The number of benzene rings is 1. The lowest BCUT2D eigenvalue weighted by atomic mass is 10.1. The van der Waals surface area contributed by atoms with E-state index < -0.39 is 6.09 Å². The molecule has 3 rings (SSSR count). The molecule has 8 nitrogen and oxygen atoms in total. The second-order valence-corrected chi connectivity index (χ2v) is 6.41. The lowest BCUT2D eigenvalue weighted by molar-refractivity contribution is -0.119. The predicted molar refractivity (Wildman–Crippen MR) is 99.3 cm³/mol. The lowest BCUT2D eigenvalue weighted by Crippen LogP contribution is -2.33. The summed E-state index contributed by atoms with van der Waals surface area (Å²) >= 11 is 0. The number of cyclic esters (lactones) is 1. The van der Waals surface area contributed by atoms with E-state index in [1.54, 1.807) is 16.7 Å². The molecular formula is C19H23N3O5. The number of anilines is 1. The number of ether oxygens (including phenoxy) is 2. The quantitative estimate of drug-likeness (QED) is 0.853. The van der Waals surface area contributed by atoms with Gasteiger partial charge in [0.25, 0.3) is 0 Å². The standard InChI is InChI=1S/C19H23N3O5/c1-3-26-18(24)21-9-8-15(11-21)14-4-6-16(7-5-14)22-12-17(27-19(22)25)10-20-13(2)23/h4-8,17H,3,9-12H2,1-2H3,(H,20,23)/t17-/m0/s1. The van der Waals surface area contributed by atoms with Gasteiger partial charge in [0, 0.05) is 25.7 Å². The Balaban J connectivity index is 1.60. The predicted octanol–water partition coefficient (Wildman–Crippen LogP) is 2.00. The minimum atomic E-state index is -0.424. The molecule has 1 fully saturated rings. The average Bonchev–Trinajstić information content (AvgIpc) is 3.27. The van der Waals surface area contributed by atoms with Crippen molar-refractivity contribution in [1.82, 2.24) is 10.2 Å². The monoisotopic (exact) mass is 373 g/mol. The van der Waals surface area contributed by atoms with Crippen molar-refractivity contribution in [2.75, 3.05) is 37.7 Å². The van der Waals surface area contributed by atoms with Crippen LogP contribution < -0.4 is 10.2 Å². The first-order valence-corrected chi connectivity index (χ1v) is 8.91. The van der Waals surface area contributed by atoms with Crippen molar-refractivity contribution in [3.63, 3.8) is 0 Å². The molecule has 2 aliphatic rings. The van der Waals surface area contributed by atoms with Crippen LogP contribution in [0.3, 0.4) is 0 Å². The normalized spacial score (nSPS) is 19.0.